The van der Waals surface area contributed by atoms with Crippen molar-refractivity contribution in [1.29, 1.82) is 0 Å². The van der Waals surface area contributed by atoms with Gasteiger partial charge in [-0.3, -0.25) is 4.79 Å². The molecule has 0 bridgehead atoms. The van der Waals surface area contributed by atoms with Gasteiger partial charge in [0.15, 0.2) is 0 Å². The summed E-state index contributed by atoms with van der Waals surface area (Å²) in [4.78, 5) is 16.3. The number of hydrogen-bond donors (Lipinski definition) is 2. The minimum absolute atomic E-state index is 0.192. The number of anilines is 1. The summed E-state index contributed by atoms with van der Waals surface area (Å²) in [7, 11) is 0. The molecule has 21 heavy (non-hydrogen) atoms. The Bertz CT molecular complexity index is 638. The number of hydrogen-bond acceptors (Lipinski definition) is 3. The fourth-order valence-electron chi connectivity index (χ4n) is 1.89. The highest BCUT2D eigenvalue weighted by atomic mass is 19.1. The molecule has 0 saturated carbocycles. The molecule has 110 valence electrons. The molecule has 4 nitrogen and oxygen atoms in total. The number of nitrogens with one attached hydrogen (secondary N) is 1. The lowest BCUT2D eigenvalue weighted by Crippen LogP contribution is -2.23. The van der Waals surface area contributed by atoms with Gasteiger partial charge in [0.1, 0.15) is 11.6 Å². The molecule has 1 amide bonds. The molecule has 0 aliphatic rings. The molecule has 2 rings (SSSR count). The summed E-state index contributed by atoms with van der Waals surface area (Å²) in [5, 5.41) is 2.78. The Morgan fingerprint density at radius 2 is 1.95 bits per heavy atom. The molecule has 5 heteroatoms. The van der Waals surface area contributed by atoms with Gasteiger partial charge in [-0.15, -0.1) is 0 Å². The molecule has 1 heterocycles. The van der Waals surface area contributed by atoms with E-state index in [9.17, 15) is 9.18 Å². The molecule has 3 N–H and O–H groups in total. The second-order valence-corrected chi connectivity index (χ2v) is 5.17. The molecule has 2 aromatic rings. The van der Waals surface area contributed by atoms with Gasteiger partial charge < -0.3 is 11.1 Å². The highest BCUT2D eigenvalue weighted by Crippen LogP contribution is 2.16. The fourth-order valence-corrected chi connectivity index (χ4v) is 1.89. The van der Waals surface area contributed by atoms with Gasteiger partial charge in [0.2, 0.25) is 0 Å². The first-order chi connectivity index (χ1) is 9.95. The molecule has 1 aromatic carbocycles. The Labute approximate surface area is 123 Å². The quantitative estimate of drug-likeness (QED) is 0.908. The zero-order valence-electron chi connectivity index (χ0n) is 12.1. The van der Waals surface area contributed by atoms with E-state index in [1.807, 2.05) is 13.8 Å². The lowest BCUT2D eigenvalue weighted by Gasteiger charge is -2.10. The molecule has 1 aromatic heterocycles. The van der Waals surface area contributed by atoms with Crippen LogP contribution in [0.1, 0.15) is 41.4 Å². The van der Waals surface area contributed by atoms with Crippen molar-refractivity contribution < 1.29 is 9.18 Å². The van der Waals surface area contributed by atoms with Crippen molar-refractivity contribution in [1.82, 2.24) is 10.3 Å². The summed E-state index contributed by atoms with van der Waals surface area (Å²) in [6.07, 6.45) is 0. The van der Waals surface area contributed by atoms with Crippen LogP contribution in [0.2, 0.25) is 0 Å². The maximum absolute atomic E-state index is 12.8. The van der Waals surface area contributed by atoms with Crippen molar-refractivity contribution in [3.63, 3.8) is 0 Å². The Hall–Kier alpha value is -2.43. The highest BCUT2D eigenvalue weighted by molar-refractivity contribution is 5.94. The smallest absolute Gasteiger partial charge is 0.251 e. The fraction of sp³-hybridized carbons (Fsp3) is 0.250. The van der Waals surface area contributed by atoms with Gasteiger partial charge in [0, 0.05) is 17.8 Å². The monoisotopic (exact) mass is 287 g/mol. The van der Waals surface area contributed by atoms with Gasteiger partial charge in [-0.25, -0.2) is 9.37 Å². The Kier molecular flexibility index (Phi) is 4.52. The zero-order chi connectivity index (χ0) is 15.4. The van der Waals surface area contributed by atoms with Crippen LogP contribution in [0.5, 0.6) is 0 Å². The first-order valence-corrected chi connectivity index (χ1v) is 6.76. The summed E-state index contributed by atoms with van der Waals surface area (Å²) in [6, 6.07) is 9.28. The SMILES string of the molecule is CC(C)c1cc(C(=O)NCc2ccc(F)cc2)cc(N)n1. The molecular formula is C16H18FN3O. The number of nitrogens with two attached hydrogens (primary N) is 1. The van der Waals surface area contributed by atoms with Crippen molar-refractivity contribution in [2.24, 2.45) is 0 Å². The van der Waals surface area contributed by atoms with Crippen molar-refractivity contribution in [2.75, 3.05) is 5.73 Å². The number of halogens is 1. The molecule has 0 radical (unpaired) electrons. The van der Waals surface area contributed by atoms with Gasteiger partial charge in [-0.1, -0.05) is 26.0 Å². The third-order valence-corrected chi connectivity index (χ3v) is 3.09. The topological polar surface area (TPSA) is 68.0 Å². The number of benzene rings is 1. The van der Waals surface area contributed by atoms with Crippen LogP contribution in [0.25, 0.3) is 0 Å². The number of pyridine rings is 1. The summed E-state index contributed by atoms with van der Waals surface area (Å²) in [5.41, 5.74) is 7.82. The molecular weight excluding hydrogens is 269 g/mol. The van der Waals surface area contributed by atoms with E-state index in [1.165, 1.54) is 12.1 Å². The Balaban J connectivity index is 2.08. The number of nitrogens with zero attached hydrogens (tertiary/aromatic N) is 1. The van der Waals surface area contributed by atoms with Crippen LogP contribution >= 0.6 is 0 Å². The van der Waals surface area contributed by atoms with E-state index < -0.39 is 0 Å². The second kappa shape index (κ2) is 6.35. The average molecular weight is 287 g/mol. The first-order valence-electron chi connectivity index (χ1n) is 6.76. The van der Waals surface area contributed by atoms with Crippen LogP contribution < -0.4 is 11.1 Å². The van der Waals surface area contributed by atoms with Crippen LogP contribution in [0.15, 0.2) is 36.4 Å². The van der Waals surface area contributed by atoms with Gasteiger partial charge in [0.25, 0.3) is 5.91 Å². The van der Waals surface area contributed by atoms with E-state index in [0.717, 1.165) is 11.3 Å². The van der Waals surface area contributed by atoms with Crippen molar-refractivity contribution in [3.8, 4) is 0 Å². The number of amides is 1. The summed E-state index contributed by atoms with van der Waals surface area (Å²) in [5.74, 6) is -0.00540. The molecule has 0 aliphatic carbocycles. The number of nitrogen functional groups attached to an aromatic ring is 1. The summed E-state index contributed by atoms with van der Waals surface area (Å²) < 4.78 is 12.8. The normalized spacial score (nSPS) is 10.7. The Morgan fingerprint density at radius 3 is 2.57 bits per heavy atom. The predicted molar refractivity (Wildman–Crippen MR) is 80.3 cm³/mol. The third-order valence-electron chi connectivity index (χ3n) is 3.09. The average Bonchev–Trinajstić information content (AvgIpc) is 2.45. The highest BCUT2D eigenvalue weighted by Gasteiger charge is 2.10. The lowest BCUT2D eigenvalue weighted by molar-refractivity contribution is 0.0950. The molecule has 0 fully saturated rings. The second-order valence-electron chi connectivity index (χ2n) is 5.17. The van der Waals surface area contributed by atoms with E-state index in [0.29, 0.717) is 17.9 Å². The standard InChI is InChI=1S/C16H18FN3O/c1-10(2)14-7-12(8-15(18)20-14)16(21)19-9-11-3-5-13(17)6-4-11/h3-8,10H,9H2,1-2H3,(H2,18,20)(H,19,21). The molecule has 0 atom stereocenters. The lowest BCUT2D eigenvalue weighted by atomic mass is 10.1. The minimum Gasteiger partial charge on any atom is -0.384 e. The number of aromatic nitrogens is 1. The number of carbonyl (C=O) groups excluding carboxylic acids is 1. The van der Waals surface area contributed by atoms with Gasteiger partial charge >= 0.3 is 0 Å². The maximum atomic E-state index is 12.8. The van der Waals surface area contributed by atoms with Crippen LogP contribution in [0.3, 0.4) is 0 Å². The van der Waals surface area contributed by atoms with Crippen LogP contribution in [0, 0.1) is 5.82 Å². The van der Waals surface area contributed by atoms with Crippen molar-refractivity contribution >= 4 is 11.7 Å². The van der Waals surface area contributed by atoms with Crippen molar-refractivity contribution in [2.45, 2.75) is 26.3 Å². The third kappa shape index (κ3) is 4.02. The minimum atomic E-state index is -0.298. The molecule has 0 aliphatic heterocycles. The van der Waals surface area contributed by atoms with Crippen LogP contribution in [-0.4, -0.2) is 10.9 Å². The van der Waals surface area contributed by atoms with Gasteiger partial charge in [0.05, 0.1) is 0 Å². The first kappa shape index (κ1) is 15.0. The number of carbonyl (C=O) groups is 1. The maximum Gasteiger partial charge on any atom is 0.251 e. The summed E-state index contributed by atoms with van der Waals surface area (Å²) >= 11 is 0. The van der Waals surface area contributed by atoms with Crippen molar-refractivity contribution in [3.05, 3.63) is 59.0 Å². The summed E-state index contributed by atoms with van der Waals surface area (Å²) in [6.45, 7) is 4.31. The van der Waals surface area contributed by atoms with Gasteiger partial charge in [-0.2, -0.15) is 0 Å². The zero-order valence-corrected chi connectivity index (χ0v) is 12.1. The van der Waals surface area contributed by atoms with E-state index in [-0.39, 0.29) is 17.6 Å². The molecule has 0 spiro atoms. The van der Waals surface area contributed by atoms with E-state index in [2.05, 4.69) is 10.3 Å². The molecule has 0 saturated heterocycles. The molecule has 0 unspecified atom stereocenters. The Morgan fingerprint density at radius 1 is 1.29 bits per heavy atom. The van der Waals surface area contributed by atoms with Crippen LogP contribution in [0.4, 0.5) is 10.2 Å². The predicted octanol–water partition coefficient (Wildman–Crippen LogP) is 2.86. The van der Waals surface area contributed by atoms with E-state index in [4.69, 9.17) is 5.73 Å². The largest absolute Gasteiger partial charge is 0.384 e. The number of rotatable bonds is 4. The van der Waals surface area contributed by atoms with Gasteiger partial charge in [-0.05, 0) is 35.7 Å². The van der Waals surface area contributed by atoms with E-state index >= 15 is 0 Å². The van der Waals surface area contributed by atoms with Crippen LogP contribution in [-0.2, 0) is 6.54 Å². The van der Waals surface area contributed by atoms with E-state index in [1.54, 1.807) is 24.3 Å².